The van der Waals surface area contributed by atoms with E-state index >= 15 is 0 Å². The van der Waals surface area contributed by atoms with Crippen molar-refractivity contribution < 1.29 is 23.5 Å². The van der Waals surface area contributed by atoms with Gasteiger partial charge in [-0.05, 0) is 55.2 Å². The maximum Gasteiger partial charge on any atom is 0.408 e. The number of aromatic amines is 1. The molecular formula is C39H38FN5O6. The Balaban J connectivity index is 1.42. The predicted octanol–water partition coefficient (Wildman–Crippen LogP) is 5.05. The van der Waals surface area contributed by atoms with Gasteiger partial charge in [-0.2, -0.15) is 4.39 Å². The summed E-state index contributed by atoms with van der Waals surface area (Å²) >= 11 is 0. The van der Waals surface area contributed by atoms with E-state index in [-0.39, 0.29) is 6.54 Å². The maximum absolute atomic E-state index is 14.1. The number of anilines is 1. The second kappa shape index (κ2) is 15.5. The molecule has 0 saturated heterocycles. The number of nitrogens with zero attached hydrogens (tertiary/aromatic N) is 1. The van der Waals surface area contributed by atoms with Crippen molar-refractivity contribution in [3.8, 4) is 0 Å². The van der Waals surface area contributed by atoms with Gasteiger partial charge >= 0.3 is 11.8 Å². The molecule has 5 aromatic rings. The molecule has 4 N–H and O–H groups in total. The van der Waals surface area contributed by atoms with Crippen molar-refractivity contribution in [3.05, 3.63) is 170 Å². The van der Waals surface area contributed by atoms with Crippen LogP contribution in [-0.2, 0) is 26.4 Å². The highest BCUT2D eigenvalue weighted by atomic mass is 19.1. The summed E-state index contributed by atoms with van der Waals surface area (Å²) in [6, 6.07) is 33.4. The lowest BCUT2D eigenvalue weighted by Gasteiger charge is -2.37. The molecule has 51 heavy (non-hydrogen) atoms. The van der Waals surface area contributed by atoms with E-state index in [4.69, 9.17) is 4.74 Å². The van der Waals surface area contributed by atoms with Crippen LogP contribution in [0.4, 0.5) is 14.9 Å². The van der Waals surface area contributed by atoms with Crippen LogP contribution in [0.1, 0.15) is 49.4 Å². The Hall–Kier alpha value is -6.30. The van der Waals surface area contributed by atoms with Crippen molar-refractivity contribution in [1.82, 2.24) is 20.2 Å². The molecule has 0 bridgehead atoms. The number of carbonyl (C=O) groups is 3. The fourth-order valence-electron chi connectivity index (χ4n) is 5.61. The zero-order valence-corrected chi connectivity index (χ0v) is 28.3. The van der Waals surface area contributed by atoms with Crippen LogP contribution in [-0.4, -0.2) is 39.1 Å². The van der Waals surface area contributed by atoms with E-state index in [0.717, 1.165) is 27.5 Å². The Labute approximate surface area is 293 Å². The Morgan fingerprint density at radius 2 is 1.29 bits per heavy atom. The molecule has 12 heteroatoms. The van der Waals surface area contributed by atoms with Crippen LogP contribution in [0.5, 0.6) is 0 Å². The van der Waals surface area contributed by atoms with Crippen LogP contribution >= 0.6 is 0 Å². The molecule has 0 saturated carbocycles. The molecule has 5 rings (SSSR count). The Bertz CT molecular complexity index is 2000. The van der Waals surface area contributed by atoms with E-state index < -0.39 is 58.6 Å². The minimum Gasteiger partial charge on any atom is -0.444 e. The first-order valence-corrected chi connectivity index (χ1v) is 16.2. The number of nitrogens with one attached hydrogen (secondary N) is 4. The third-order valence-corrected chi connectivity index (χ3v) is 7.89. The molecule has 1 aromatic heterocycles. The topological polar surface area (TPSA) is 151 Å². The fourth-order valence-corrected chi connectivity index (χ4v) is 5.61. The first-order valence-electron chi connectivity index (χ1n) is 16.2. The Kier molecular flexibility index (Phi) is 10.9. The predicted molar refractivity (Wildman–Crippen MR) is 191 cm³/mol. The molecule has 1 atom stereocenters. The number of alkyl carbamates (subject to hydrolysis) is 1. The van der Waals surface area contributed by atoms with Gasteiger partial charge in [-0.3, -0.25) is 23.9 Å². The lowest BCUT2D eigenvalue weighted by Crippen LogP contribution is -2.52. The molecule has 0 fully saturated rings. The van der Waals surface area contributed by atoms with Gasteiger partial charge < -0.3 is 20.7 Å². The molecule has 11 nitrogen and oxygen atoms in total. The number of aromatic nitrogens is 2. The molecule has 262 valence electrons. The highest BCUT2D eigenvalue weighted by Crippen LogP contribution is 2.37. The third-order valence-electron chi connectivity index (χ3n) is 7.89. The van der Waals surface area contributed by atoms with Gasteiger partial charge in [-0.1, -0.05) is 103 Å². The number of ether oxygens (including phenoxy) is 1. The van der Waals surface area contributed by atoms with E-state index in [2.05, 4.69) is 16.0 Å². The van der Waals surface area contributed by atoms with Crippen LogP contribution in [0.3, 0.4) is 0 Å². The summed E-state index contributed by atoms with van der Waals surface area (Å²) in [5.41, 5.74) is -0.664. The van der Waals surface area contributed by atoms with Crippen LogP contribution in [0.15, 0.2) is 131 Å². The van der Waals surface area contributed by atoms with Crippen LogP contribution in [0.25, 0.3) is 0 Å². The van der Waals surface area contributed by atoms with Crippen molar-refractivity contribution in [1.29, 1.82) is 0 Å². The Morgan fingerprint density at radius 1 is 0.784 bits per heavy atom. The van der Waals surface area contributed by atoms with Crippen molar-refractivity contribution in [2.45, 2.75) is 50.9 Å². The zero-order valence-electron chi connectivity index (χ0n) is 28.3. The second-order valence-corrected chi connectivity index (χ2v) is 12.8. The summed E-state index contributed by atoms with van der Waals surface area (Å²) in [7, 11) is 0. The first kappa shape index (κ1) is 36.0. The highest BCUT2D eigenvalue weighted by molar-refractivity contribution is 5.99. The highest BCUT2D eigenvalue weighted by Gasteiger charge is 2.39. The molecule has 0 unspecified atom stereocenters. The minimum absolute atomic E-state index is 0.0459. The quantitative estimate of drug-likeness (QED) is 0.142. The van der Waals surface area contributed by atoms with Crippen LogP contribution in [0, 0.1) is 5.82 Å². The normalized spacial score (nSPS) is 12.0. The summed E-state index contributed by atoms with van der Waals surface area (Å²) in [5.74, 6) is -2.32. The van der Waals surface area contributed by atoms with Gasteiger partial charge in [0.15, 0.2) is 0 Å². The van der Waals surface area contributed by atoms with E-state index in [0.29, 0.717) is 11.3 Å². The van der Waals surface area contributed by atoms with Crippen molar-refractivity contribution in [2.75, 3.05) is 5.32 Å². The molecule has 0 aliphatic heterocycles. The Morgan fingerprint density at radius 3 is 1.78 bits per heavy atom. The van der Waals surface area contributed by atoms with Gasteiger partial charge in [0.25, 0.3) is 5.56 Å². The van der Waals surface area contributed by atoms with Crippen molar-refractivity contribution >= 4 is 23.6 Å². The van der Waals surface area contributed by atoms with E-state index in [9.17, 15) is 28.4 Å². The average molecular weight is 692 g/mol. The molecule has 0 aliphatic rings. The van der Waals surface area contributed by atoms with Gasteiger partial charge in [-0.25, -0.2) is 9.59 Å². The SMILES string of the molecule is CC(C)(C)OC(=O)N[C@H](CC(=O)NC(c1ccccc1)(c1ccccc1)c1ccccc1)C(=O)Nc1ccc(Cn2cc(F)c(=O)[nH]c2=O)cc1. The maximum atomic E-state index is 14.1. The first-order chi connectivity index (χ1) is 24.3. The average Bonchev–Trinajstić information content (AvgIpc) is 3.10. The van der Waals surface area contributed by atoms with E-state index in [1.54, 1.807) is 45.0 Å². The summed E-state index contributed by atoms with van der Waals surface area (Å²) in [6.07, 6.45) is -0.514. The van der Waals surface area contributed by atoms with Gasteiger partial charge in [0.05, 0.1) is 19.2 Å². The summed E-state index contributed by atoms with van der Waals surface area (Å²) < 4.78 is 20.2. The van der Waals surface area contributed by atoms with Gasteiger partial charge in [0.2, 0.25) is 17.6 Å². The van der Waals surface area contributed by atoms with Crippen LogP contribution < -0.4 is 27.2 Å². The number of carbonyl (C=O) groups excluding carboxylic acids is 3. The van der Waals surface area contributed by atoms with Crippen molar-refractivity contribution in [3.63, 3.8) is 0 Å². The van der Waals surface area contributed by atoms with Crippen LogP contribution in [0.2, 0.25) is 0 Å². The smallest absolute Gasteiger partial charge is 0.408 e. The van der Waals surface area contributed by atoms with Gasteiger partial charge in [-0.15, -0.1) is 0 Å². The standard InChI is InChI=1S/C39H38FN5O6/c1-38(2,3)51-37(50)42-32(35(48)41-30-21-19-26(20-22-30)24-45-25-31(40)34(47)43-36(45)49)23-33(46)44-39(27-13-7-4-8-14-27,28-15-9-5-10-16-28)29-17-11-6-12-18-29/h4-22,25,32H,23-24H2,1-3H3,(H,41,48)(H,42,50)(H,44,46)(H,43,47,49)/t32-/m1/s1. The van der Waals surface area contributed by atoms with E-state index in [1.807, 2.05) is 96.0 Å². The minimum atomic E-state index is -1.36. The van der Waals surface area contributed by atoms with E-state index in [1.165, 1.54) is 0 Å². The number of H-pyrrole nitrogens is 1. The monoisotopic (exact) mass is 691 g/mol. The number of rotatable bonds is 11. The molecular weight excluding hydrogens is 653 g/mol. The molecule has 1 heterocycles. The lowest BCUT2D eigenvalue weighted by atomic mass is 9.77. The zero-order chi connectivity index (χ0) is 36.6. The molecule has 4 aromatic carbocycles. The van der Waals surface area contributed by atoms with Crippen molar-refractivity contribution in [2.24, 2.45) is 0 Å². The molecule has 0 spiro atoms. The number of halogens is 1. The summed E-state index contributed by atoms with van der Waals surface area (Å²) in [5, 5.41) is 8.49. The number of benzene rings is 4. The molecule has 3 amide bonds. The number of amides is 3. The van der Waals surface area contributed by atoms with Gasteiger partial charge in [0, 0.05) is 5.69 Å². The lowest BCUT2D eigenvalue weighted by molar-refractivity contribution is -0.126. The molecule has 0 radical (unpaired) electrons. The second-order valence-electron chi connectivity index (χ2n) is 12.8. The molecule has 0 aliphatic carbocycles. The number of hydrogen-bond acceptors (Lipinski definition) is 6. The fraction of sp³-hybridized carbons (Fsp3) is 0.205. The summed E-state index contributed by atoms with van der Waals surface area (Å²) in [6.45, 7) is 4.99. The largest absolute Gasteiger partial charge is 0.444 e. The summed E-state index contributed by atoms with van der Waals surface area (Å²) in [4.78, 5) is 66.2. The van der Waals surface area contributed by atoms with Gasteiger partial charge in [0.1, 0.15) is 17.2 Å². The third kappa shape index (κ3) is 9.04. The number of hydrogen-bond donors (Lipinski definition) is 4.